The molecule has 4 heterocycles. The van der Waals surface area contributed by atoms with Crippen LogP contribution in [0.1, 0.15) is 46.3 Å². The van der Waals surface area contributed by atoms with Crippen molar-refractivity contribution in [2.45, 2.75) is 38.3 Å². The molecule has 3 aromatic rings. The quantitative estimate of drug-likeness (QED) is 0.687. The lowest BCUT2D eigenvalue weighted by molar-refractivity contribution is 0.0637. The van der Waals surface area contributed by atoms with Gasteiger partial charge >= 0.3 is 0 Å². The Balaban J connectivity index is 1.47. The Morgan fingerprint density at radius 1 is 1.07 bits per heavy atom. The van der Waals surface area contributed by atoms with Crippen molar-refractivity contribution in [3.05, 3.63) is 71.3 Å². The molecular formula is C21H18FN5O. The molecular weight excluding hydrogens is 357 g/mol. The summed E-state index contributed by atoms with van der Waals surface area (Å²) in [5.74, 6) is 0.212. The molecule has 1 fully saturated rings. The van der Waals surface area contributed by atoms with Crippen molar-refractivity contribution < 1.29 is 9.18 Å². The first-order chi connectivity index (χ1) is 13.6. The molecule has 0 unspecified atom stereocenters. The van der Waals surface area contributed by atoms with Crippen LogP contribution in [-0.2, 0) is 6.42 Å². The molecule has 0 saturated carbocycles. The van der Waals surface area contributed by atoms with E-state index in [-0.39, 0.29) is 23.8 Å². The monoisotopic (exact) mass is 375 g/mol. The number of halogens is 1. The number of benzene rings is 1. The lowest BCUT2D eigenvalue weighted by Gasteiger charge is -2.35. The average molecular weight is 375 g/mol. The predicted molar refractivity (Wildman–Crippen MR) is 99.8 cm³/mol. The SMILES string of the molecule is Cc1cnc(C(=O)N2[C@H]3CC[C@@H]2c2cnc(-c4ccc(F)cc4)nc2C3)cn1. The number of aryl methyl sites for hydroxylation is 1. The number of carbonyl (C=O) groups is 1. The number of fused-ring (bicyclic) bond motifs is 4. The van der Waals surface area contributed by atoms with E-state index in [4.69, 9.17) is 4.98 Å². The fraction of sp³-hybridized carbons (Fsp3) is 0.286. The van der Waals surface area contributed by atoms with Gasteiger partial charge in [0.05, 0.1) is 23.6 Å². The molecule has 1 amide bonds. The molecule has 2 aliphatic rings. The van der Waals surface area contributed by atoms with Gasteiger partial charge in [-0.3, -0.25) is 9.78 Å². The molecule has 1 aromatic carbocycles. The Hall–Kier alpha value is -3.22. The van der Waals surface area contributed by atoms with E-state index < -0.39 is 0 Å². The molecule has 140 valence electrons. The summed E-state index contributed by atoms with van der Waals surface area (Å²) in [6.07, 6.45) is 7.48. The van der Waals surface area contributed by atoms with Crippen LogP contribution in [-0.4, -0.2) is 36.8 Å². The van der Waals surface area contributed by atoms with Gasteiger partial charge in [-0.25, -0.2) is 19.3 Å². The molecule has 2 atom stereocenters. The van der Waals surface area contributed by atoms with Crippen molar-refractivity contribution in [1.29, 1.82) is 0 Å². The Bertz CT molecular complexity index is 1050. The summed E-state index contributed by atoms with van der Waals surface area (Å²) in [4.78, 5) is 32.6. The van der Waals surface area contributed by atoms with Crippen LogP contribution < -0.4 is 0 Å². The summed E-state index contributed by atoms with van der Waals surface area (Å²) in [6.45, 7) is 1.85. The van der Waals surface area contributed by atoms with Crippen molar-refractivity contribution in [2.24, 2.45) is 0 Å². The van der Waals surface area contributed by atoms with Crippen molar-refractivity contribution in [3.8, 4) is 11.4 Å². The Morgan fingerprint density at radius 3 is 2.64 bits per heavy atom. The lowest BCUT2D eigenvalue weighted by Crippen LogP contribution is -2.42. The second-order valence-electron chi connectivity index (χ2n) is 7.31. The van der Waals surface area contributed by atoms with Gasteiger partial charge in [0.25, 0.3) is 5.91 Å². The van der Waals surface area contributed by atoms with Gasteiger partial charge in [-0.1, -0.05) is 0 Å². The van der Waals surface area contributed by atoms with E-state index in [2.05, 4.69) is 15.0 Å². The highest BCUT2D eigenvalue weighted by molar-refractivity contribution is 5.93. The zero-order chi connectivity index (χ0) is 19.3. The Kier molecular flexibility index (Phi) is 3.89. The van der Waals surface area contributed by atoms with E-state index in [1.54, 1.807) is 24.5 Å². The van der Waals surface area contributed by atoms with Crippen molar-refractivity contribution in [3.63, 3.8) is 0 Å². The van der Waals surface area contributed by atoms with Crippen LogP contribution in [0.4, 0.5) is 4.39 Å². The number of aromatic nitrogens is 4. The molecule has 2 bridgehead atoms. The van der Waals surface area contributed by atoms with Crippen LogP contribution in [0.2, 0.25) is 0 Å². The van der Waals surface area contributed by atoms with Gasteiger partial charge in [-0.05, 0) is 44.0 Å². The van der Waals surface area contributed by atoms with E-state index >= 15 is 0 Å². The fourth-order valence-corrected chi connectivity index (χ4v) is 4.16. The highest BCUT2D eigenvalue weighted by Gasteiger charge is 2.44. The van der Waals surface area contributed by atoms with E-state index in [1.807, 2.05) is 18.0 Å². The standard InChI is InChI=1S/C21H18FN5O/c1-12-9-24-18(11-23-12)21(28)27-15-6-7-19(27)16-10-25-20(26-17(16)8-15)13-2-4-14(22)5-3-13/h2-5,9-11,15,19H,6-8H2,1H3/t15-,19+/m0/s1. The van der Waals surface area contributed by atoms with Gasteiger partial charge in [0, 0.05) is 36.0 Å². The second kappa shape index (κ2) is 6.44. The van der Waals surface area contributed by atoms with Gasteiger partial charge in [0.2, 0.25) is 0 Å². The zero-order valence-electron chi connectivity index (χ0n) is 15.3. The van der Waals surface area contributed by atoms with E-state index in [1.165, 1.54) is 12.1 Å². The molecule has 2 aliphatic heterocycles. The maximum atomic E-state index is 13.2. The number of nitrogens with zero attached hydrogens (tertiary/aromatic N) is 5. The topological polar surface area (TPSA) is 71.9 Å². The summed E-state index contributed by atoms with van der Waals surface area (Å²) < 4.78 is 13.2. The van der Waals surface area contributed by atoms with Crippen molar-refractivity contribution >= 4 is 5.91 Å². The molecule has 0 spiro atoms. The molecule has 28 heavy (non-hydrogen) atoms. The third-order valence-electron chi connectivity index (χ3n) is 5.53. The predicted octanol–water partition coefficient (Wildman–Crippen LogP) is 3.28. The highest BCUT2D eigenvalue weighted by Crippen LogP contribution is 2.43. The Labute approximate surface area is 161 Å². The fourth-order valence-electron chi connectivity index (χ4n) is 4.16. The third-order valence-corrected chi connectivity index (χ3v) is 5.53. The smallest absolute Gasteiger partial charge is 0.274 e. The maximum Gasteiger partial charge on any atom is 0.274 e. The van der Waals surface area contributed by atoms with Gasteiger partial charge in [0.15, 0.2) is 5.82 Å². The summed E-state index contributed by atoms with van der Waals surface area (Å²) in [5, 5.41) is 0. The maximum absolute atomic E-state index is 13.2. The molecule has 0 aliphatic carbocycles. The Morgan fingerprint density at radius 2 is 1.89 bits per heavy atom. The lowest BCUT2D eigenvalue weighted by atomic mass is 9.98. The molecule has 6 nitrogen and oxygen atoms in total. The highest BCUT2D eigenvalue weighted by atomic mass is 19.1. The number of amides is 1. The number of hydrogen-bond acceptors (Lipinski definition) is 5. The molecule has 5 rings (SSSR count). The normalized spacial score (nSPS) is 20.1. The molecule has 0 radical (unpaired) electrons. The first-order valence-corrected chi connectivity index (χ1v) is 9.33. The largest absolute Gasteiger partial charge is 0.327 e. The summed E-state index contributed by atoms with van der Waals surface area (Å²) in [5.41, 5.74) is 3.90. The third kappa shape index (κ3) is 2.74. The number of carbonyl (C=O) groups excluding carboxylic acids is 1. The van der Waals surface area contributed by atoms with Gasteiger partial charge in [0.1, 0.15) is 11.5 Å². The summed E-state index contributed by atoms with van der Waals surface area (Å²) >= 11 is 0. The number of hydrogen-bond donors (Lipinski definition) is 0. The van der Waals surface area contributed by atoms with Crippen LogP contribution in [0, 0.1) is 12.7 Å². The summed E-state index contributed by atoms with van der Waals surface area (Å²) in [6, 6.07) is 6.24. The van der Waals surface area contributed by atoms with Crippen molar-refractivity contribution in [1.82, 2.24) is 24.8 Å². The van der Waals surface area contributed by atoms with Crippen LogP contribution in [0.5, 0.6) is 0 Å². The minimum Gasteiger partial charge on any atom is -0.327 e. The summed E-state index contributed by atoms with van der Waals surface area (Å²) in [7, 11) is 0. The number of rotatable bonds is 2. The van der Waals surface area contributed by atoms with Crippen LogP contribution in [0.15, 0.2) is 42.9 Å². The minimum absolute atomic E-state index is 0.0355. The molecule has 1 saturated heterocycles. The van der Waals surface area contributed by atoms with Crippen molar-refractivity contribution in [2.75, 3.05) is 0 Å². The second-order valence-corrected chi connectivity index (χ2v) is 7.31. The van der Waals surface area contributed by atoms with Crippen LogP contribution in [0.25, 0.3) is 11.4 Å². The van der Waals surface area contributed by atoms with E-state index in [0.29, 0.717) is 17.9 Å². The first-order valence-electron chi connectivity index (χ1n) is 9.33. The van der Waals surface area contributed by atoms with Crippen LogP contribution in [0.3, 0.4) is 0 Å². The van der Waals surface area contributed by atoms with Gasteiger partial charge in [-0.15, -0.1) is 0 Å². The van der Waals surface area contributed by atoms with Gasteiger partial charge < -0.3 is 4.90 Å². The molecule has 2 aromatic heterocycles. The first kappa shape index (κ1) is 16.9. The zero-order valence-corrected chi connectivity index (χ0v) is 15.3. The van der Waals surface area contributed by atoms with E-state index in [0.717, 1.165) is 35.4 Å². The average Bonchev–Trinajstić information content (AvgIpc) is 3.03. The molecule has 0 N–H and O–H groups in total. The van der Waals surface area contributed by atoms with E-state index in [9.17, 15) is 9.18 Å². The molecule has 7 heteroatoms. The van der Waals surface area contributed by atoms with Gasteiger partial charge in [-0.2, -0.15) is 0 Å². The minimum atomic E-state index is -0.284. The van der Waals surface area contributed by atoms with Crippen LogP contribution >= 0.6 is 0 Å².